The molecule has 1 aromatic heterocycles. The van der Waals surface area contributed by atoms with Gasteiger partial charge in [0.1, 0.15) is 0 Å². The first-order valence-corrected chi connectivity index (χ1v) is 7.15. The molecule has 1 aromatic rings. The molecule has 1 rings (SSSR count). The van der Waals surface area contributed by atoms with E-state index in [4.69, 9.17) is 0 Å². The average molecular weight is 241 g/mol. The minimum Gasteiger partial charge on any atom is -0.387 e. The number of aliphatic hydroxyl groups is 1. The van der Waals surface area contributed by atoms with Crippen molar-refractivity contribution >= 4 is 11.3 Å². The van der Waals surface area contributed by atoms with Crippen molar-refractivity contribution in [2.45, 2.75) is 51.7 Å². The second-order valence-corrected chi connectivity index (χ2v) is 5.04. The minimum atomic E-state index is -0.359. The first-order chi connectivity index (χ1) is 7.77. The Morgan fingerprint density at radius 3 is 2.50 bits per heavy atom. The van der Waals surface area contributed by atoms with Crippen molar-refractivity contribution in [2.75, 3.05) is 6.54 Å². The molecule has 0 aliphatic heterocycles. The summed E-state index contributed by atoms with van der Waals surface area (Å²) in [7, 11) is 0. The van der Waals surface area contributed by atoms with Crippen molar-refractivity contribution in [3.05, 3.63) is 22.4 Å². The normalized spacial score (nSPS) is 13.2. The fourth-order valence-corrected chi connectivity index (χ4v) is 2.61. The predicted molar refractivity (Wildman–Crippen MR) is 70.9 cm³/mol. The molecule has 1 atom stereocenters. The highest BCUT2D eigenvalue weighted by molar-refractivity contribution is 7.07. The van der Waals surface area contributed by atoms with E-state index in [9.17, 15) is 5.11 Å². The molecule has 0 radical (unpaired) electrons. The quantitative estimate of drug-likeness (QED) is 0.731. The van der Waals surface area contributed by atoms with Gasteiger partial charge in [-0.15, -0.1) is 0 Å². The Hall–Kier alpha value is -0.380. The third kappa shape index (κ3) is 4.64. The van der Waals surface area contributed by atoms with Gasteiger partial charge in [-0.3, -0.25) is 0 Å². The van der Waals surface area contributed by atoms with Gasteiger partial charge in [0, 0.05) is 12.6 Å². The molecule has 92 valence electrons. The lowest BCUT2D eigenvalue weighted by atomic mass is 10.1. The van der Waals surface area contributed by atoms with Gasteiger partial charge in [0.25, 0.3) is 0 Å². The molecule has 0 bridgehead atoms. The van der Waals surface area contributed by atoms with Crippen LogP contribution in [0.25, 0.3) is 0 Å². The summed E-state index contributed by atoms with van der Waals surface area (Å²) in [6.07, 6.45) is 4.44. The highest BCUT2D eigenvalue weighted by Gasteiger charge is 2.11. The van der Waals surface area contributed by atoms with Crippen molar-refractivity contribution in [2.24, 2.45) is 0 Å². The molecule has 1 unspecified atom stereocenters. The van der Waals surface area contributed by atoms with Crippen LogP contribution >= 0.6 is 11.3 Å². The van der Waals surface area contributed by atoms with Crippen LogP contribution in [0.4, 0.5) is 0 Å². The topological polar surface area (TPSA) is 32.3 Å². The van der Waals surface area contributed by atoms with E-state index in [0.29, 0.717) is 12.6 Å². The number of rotatable bonds is 8. The van der Waals surface area contributed by atoms with Gasteiger partial charge in [0.15, 0.2) is 0 Å². The molecule has 0 fully saturated rings. The molecule has 2 nitrogen and oxygen atoms in total. The Balaban J connectivity index is 2.30. The molecule has 1 heterocycles. The fourth-order valence-electron chi connectivity index (χ4n) is 1.91. The SMILES string of the molecule is CCCC(CCC)NCC(O)c1ccsc1. The van der Waals surface area contributed by atoms with Crippen LogP contribution in [-0.4, -0.2) is 17.7 Å². The molecular formula is C13H23NOS. The molecule has 3 heteroatoms. The lowest BCUT2D eigenvalue weighted by Gasteiger charge is -2.19. The summed E-state index contributed by atoms with van der Waals surface area (Å²) in [5.41, 5.74) is 1.03. The molecular weight excluding hydrogens is 218 g/mol. The van der Waals surface area contributed by atoms with Crippen LogP contribution < -0.4 is 5.32 Å². The van der Waals surface area contributed by atoms with Gasteiger partial charge >= 0.3 is 0 Å². The first-order valence-electron chi connectivity index (χ1n) is 6.21. The smallest absolute Gasteiger partial charge is 0.0922 e. The van der Waals surface area contributed by atoms with Crippen molar-refractivity contribution in [1.29, 1.82) is 0 Å². The van der Waals surface area contributed by atoms with Crippen LogP contribution in [0, 0.1) is 0 Å². The van der Waals surface area contributed by atoms with E-state index in [1.165, 1.54) is 25.7 Å². The zero-order valence-corrected chi connectivity index (χ0v) is 11.1. The maximum Gasteiger partial charge on any atom is 0.0922 e. The number of hydrogen-bond donors (Lipinski definition) is 2. The molecule has 0 aliphatic rings. The van der Waals surface area contributed by atoms with Gasteiger partial charge in [-0.05, 0) is 35.2 Å². The maximum absolute atomic E-state index is 9.94. The third-order valence-electron chi connectivity index (χ3n) is 2.80. The van der Waals surface area contributed by atoms with Gasteiger partial charge in [0.05, 0.1) is 6.10 Å². The largest absolute Gasteiger partial charge is 0.387 e. The molecule has 0 aliphatic carbocycles. The molecule has 0 aromatic carbocycles. The van der Waals surface area contributed by atoms with Gasteiger partial charge in [-0.2, -0.15) is 11.3 Å². The number of thiophene rings is 1. The molecule has 0 amide bonds. The standard InChI is InChI=1S/C13H23NOS/c1-3-5-12(6-4-2)14-9-13(15)11-7-8-16-10-11/h7-8,10,12-15H,3-6,9H2,1-2H3. The highest BCUT2D eigenvalue weighted by Crippen LogP contribution is 2.16. The van der Waals surface area contributed by atoms with Gasteiger partial charge in [0.2, 0.25) is 0 Å². The van der Waals surface area contributed by atoms with Crippen molar-refractivity contribution < 1.29 is 5.11 Å². The summed E-state index contributed by atoms with van der Waals surface area (Å²) in [5, 5.41) is 17.4. The molecule has 16 heavy (non-hydrogen) atoms. The molecule has 0 saturated heterocycles. The summed E-state index contributed by atoms with van der Waals surface area (Å²) < 4.78 is 0. The summed E-state index contributed by atoms with van der Waals surface area (Å²) >= 11 is 1.63. The fraction of sp³-hybridized carbons (Fsp3) is 0.692. The number of hydrogen-bond acceptors (Lipinski definition) is 3. The van der Waals surface area contributed by atoms with Crippen molar-refractivity contribution in [3.8, 4) is 0 Å². The van der Waals surface area contributed by atoms with Crippen LogP contribution in [0.3, 0.4) is 0 Å². The van der Waals surface area contributed by atoms with Crippen LogP contribution in [0.15, 0.2) is 16.8 Å². The zero-order valence-electron chi connectivity index (χ0n) is 10.3. The zero-order chi connectivity index (χ0) is 11.8. The van der Waals surface area contributed by atoms with E-state index >= 15 is 0 Å². The number of nitrogens with one attached hydrogen (secondary N) is 1. The summed E-state index contributed by atoms with van der Waals surface area (Å²) in [5.74, 6) is 0. The second kappa shape index (κ2) is 7.82. The van der Waals surface area contributed by atoms with Gasteiger partial charge in [-0.1, -0.05) is 26.7 Å². The van der Waals surface area contributed by atoms with E-state index < -0.39 is 0 Å². The van der Waals surface area contributed by atoms with Gasteiger partial charge < -0.3 is 10.4 Å². The Kier molecular flexibility index (Phi) is 6.69. The van der Waals surface area contributed by atoms with Gasteiger partial charge in [-0.25, -0.2) is 0 Å². The lowest BCUT2D eigenvalue weighted by Crippen LogP contribution is -2.32. The molecule has 2 N–H and O–H groups in total. The Bertz CT molecular complexity index is 255. The van der Waals surface area contributed by atoms with Crippen molar-refractivity contribution in [1.82, 2.24) is 5.32 Å². The highest BCUT2D eigenvalue weighted by atomic mass is 32.1. The molecule has 0 spiro atoms. The van der Waals surface area contributed by atoms with E-state index in [1.807, 2.05) is 16.8 Å². The maximum atomic E-state index is 9.94. The lowest BCUT2D eigenvalue weighted by molar-refractivity contribution is 0.168. The Morgan fingerprint density at radius 2 is 2.00 bits per heavy atom. The Labute approximate surface area is 103 Å². The minimum absolute atomic E-state index is 0.359. The van der Waals surface area contributed by atoms with Crippen LogP contribution in [0.1, 0.15) is 51.2 Å². The summed E-state index contributed by atoms with van der Waals surface area (Å²) in [6.45, 7) is 5.08. The Morgan fingerprint density at radius 1 is 1.31 bits per heavy atom. The van der Waals surface area contributed by atoms with Crippen LogP contribution in [0.2, 0.25) is 0 Å². The van der Waals surface area contributed by atoms with E-state index in [-0.39, 0.29) is 6.10 Å². The summed E-state index contributed by atoms with van der Waals surface area (Å²) in [6, 6.07) is 2.55. The van der Waals surface area contributed by atoms with Crippen molar-refractivity contribution in [3.63, 3.8) is 0 Å². The average Bonchev–Trinajstić information content (AvgIpc) is 2.79. The van der Waals surface area contributed by atoms with E-state index in [1.54, 1.807) is 11.3 Å². The number of aliphatic hydroxyl groups excluding tert-OH is 1. The monoisotopic (exact) mass is 241 g/mol. The molecule has 0 saturated carbocycles. The van der Waals surface area contributed by atoms with Crippen LogP contribution in [-0.2, 0) is 0 Å². The first kappa shape index (κ1) is 13.7. The van der Waals surface area contributed by atoms with E-state index in [0.717, 1.165) is 5.56 Å². The summed E-state index contributed by atoms with van der Waals surface area (Å²) in [4.78, 5) is 0. The van der Waals surface area contributed by atoms with E-state index in [2.05, 4.69) is 19.2 Å². The van der Waals surface area contributed by atoms with Crippen LogP contribution in [0.5, 0.6) is 0 Å². The third-order valence-corrected chi connectivity index (χ3v) is 3.50. The predicted octanol–water partition coefficient (Wildman–Crippen LogP) is 3.34. The second-order valence-electron chi connectivity index (χ2n) is 4.26.